The van der Waals surface area contributed by atoms with Gasteiger partial charge in [0.2, 0.25) is 0 Å². The van der Waals surface area contributed by atoms with Crippen LogP contribution in [0.1, 0.15) is 31.9 Å². The van der Waals surface area contributed by atoms with Gasteiger partial charge < -0.3 is 15.4 Å². The van der Waals surface area contributed by atoms with E-state index in [9.17, 15) is 9.59 Å². The Morgan fingerprint density at radius 1 is 1.17 bits per heavy atom. The Morgan fingerprint density at radius 3 is 2.54 bits per heavy atom. The van der Waals surface area contributed by atoms with Gasteiger partial charge in [0.1, 0.15) is 5.75 Å². The smallest absolute Gasteiger partial charge is 0.278 e. The van der Waals surface area contributed by atoms with E-state index in [1.165, 1.54) is 6.92 Å². The molecule has 2 unspecified atom stereocenters. The molecule has 0 aromatic heterocycles. The van der Waals surface area contributed by atoms with Crippen LogP contribution < -0.4 is 15.4 Å². The van der Waals surface area contributed by atoms with Crippen molar-refractivity contribution in [2.24, 2.45) is 0 Å². The molecule has 0 fully saturated rings. The second-order valence-corrected chi connectivity index (χ2v) is 5.93. The minimum absolute atomic E-state index is 0.177. The van der Waals surface area contributed by atoms with Crippen molar-refractivity contribution in [3.8, 4) is 5.75 Å². The maximum atomic E-state index is 12.8. The summed E-state index contributed by atoms with van der Waals surface area (Å²) in [6.45, 7) is 3.47. The Labute approximate surface area is 141 Å². The van der Waals surface area contributed by atoms with Crippen LogP contribution in [0.25, 0.3) is 0 Å². The predicted molar refractivity (Wildman–Crippen MR) is 91.7 cm³/mol. The molecule has 1 aliphatic heterocycles. The van der Waals surface area contributed by atoms with Crippen molar-refractivity contribution in [1.29, 1.82) is 0 Å². The summed E-state index contributed by atoms with van der Waals surface area (Å²) in [5, 5.41) is 5.67. The highest BCUT2D eigenvalue weighted by Crippen LogP contribution is 2.33. The summed E-state index contributed by atoms with van der Waals surface area (Å²) in [6.07, 6.45) is 0.712. The zero-order chi connectivity index (χ0) is 17.2. The van der Waals surface area contributed by atoms with Crippen molar-refractivity contribution < 1.29 is 14.3 Å². The summed E-state index contributed by atoms with van der Waals surface area (Å²) in [7, 11) is 0. The highest BCUT2D eigenvalue weighted by molar-refractivity contribution is 6.15. The second kappa shape index (κ2) is 6.35. The molecule has 0 radical (unpaired) electrons. The van der Waals surface area contributed by atoms with Crippen LogP contribution in [0.3, 0.4) is 0 Å². The zero-order valence-corrected chi connectivity index (χ0v) is 13.7. The number of benzene rings is 2. The number of fused-ring (bicyclic) bond motifs is 1. The second-order valence-electron chi connectivity index (χ2n) is 5.93. The van der Waals surface area contributed by atoms with Crippen molar-refractivity contribution in [2.75, 3.05) is 5.32 Å². The van der Waals surface area contributed by atoms with Crippen molar-refractivity contribution in [2.45, 2.75) is 31.9 Å². The summed E-state index contributed by atoms with van der Waals surface area (Å²) in [4.78, 5) is 25.2. The molecule has 1 aliphatic rings. The molecule has 2 aromatic rings. The highest BCUT2D eigenvalue weighted by atomic mass is 16.5. The molecule has 0 spiro atoms. The molecule has 0 aliphatic carbocycles. The number of carbonyl (C=O) groups excluding carboxylic acids is 2. The molecule has 3 rings (SSSR count). The van der Waals surface area contributed by atoms with E-state index in [0.717, 1.165) is 5.56 Å². The van der Waals surface area contributed by atoms with Crippen molar-refractivity contribution >= 4 is 17.5 Å². The van der Waals surface area contributed by atoms with Crippen LogP contribution in [0.4, 0.5) is 5.69 Å². The van der Waals surface area contributed by atoms with E-state index in [-0.39, 0.29) is 6.04 Å². The number of para-hydroxylation sites is 2. The Hall–Kier alpha value is -2.82. The number of ether oxygens (including phenoxy) is 1. The summed E-state index contributed by atoms with van der Waals surface area (Å²) >= 11 is 0. The van der Waals surface area contributed by atoms with Crippen LogP contribution in [-0.2, 0) is 9.59 Å². The van der Waals surface area contributed by atoms with E-state index in [1.807, 2.05) is 37.3 Å². The van der Waals surface area contributed by atoms with Gasteiger partial charge in [-0.3, -0.25) is 9.59 Å². The van der Waals surface area contributed by atoms with Gasteiger partial charge in [0.05, 0.1) is 11.7 Å². The third kappa shape index (κ3) is 2.85. The van der Waals surface area contributed by atoms with E-state index < -0.39 is 17.4 Å². The van der Waals surface area contributed by atoms with Gasteiger partial charge in [-0.05, 0) is 31.0 Å². The number of anilines is 1. The van der Waals surface area contributed by atoms with Gasteiger partial charge in [0.15, 0.2) is 0 Å². The summed E-state index contributed by atoms with van der Waals surface area (Å²) in [6, 6.07) is 16.6. The lowest BCUT2D eigenvalue weighted by atomic mass is 9.99. The Balaban J connectivity index is 1.82. The van der Waals surface area contributed by atoms with Crippen LogP contribution in [0.5, 0.6) is 5.75 Å². The molecule has 24 heavy (non-hydrogen) atoms. The summed E-state index contributed by atoms with van der Waals surface area (Å²) < 4.78 is 5.75. The summed E-state index contributed by atoms with van der Waals surface area (Å²) in [5.41, 5.74) is -0.0345. The molecular formula is C19H20N2O3. The SMILES string of the molecule is CCC(NC(=O)C1(C)Oc2ccccc2NC1=O)c1ccccc1. The number of rotatable bonds is 4. The number of carbonyl (C=O) groups is 2. The fourth-order valence-electron chi connectivity index (χ4n) is 2.72. The molecule has 0 saturated carbocycles. The third-order valence-corrected chi connectivity index (χ3v) is 4.23. The van der Waals surface area contributed by atoms with Gasteiger partial charge in [0, 0.05) is 0 Å². The molecule has 5 nitrogen and oxygen atoms in total. The highest BCUT2D eigenvalue weighted by Gasteiger charge is 2.47. The first-order valence-corrected chi connectivity index (χ1v) is 8.00. The van der Waals surface area contributed by atoms with E-state index in [0.29, 0.717) is 17.9 Å². The quantitative estimate of drug-likeness (QED) is 0.850. The van der Waals surface area contributed by atoms with Crippen molar-refractivity contribution in [3.05, 3.63) is 60.2 Å². The van der Waals surface area contributed by atoms with Gasteiger partial charge in [-0.15, -0.1) is 0 Å². The van der Waals surface area contributed by atoms with Crippen LogP contribution in [0, 0.1) is 0 Å². The number of hydrogen-bond donors (Lipinski definition) is 2. The van der Waals surface area contributed by atoms with E-state index in [4.69, 9.17) is 4.74 Å². The van der Waals surface area contributed by atoms with Crippen LogP contribution in [-0.4, -0.2) is 17.4 Å². The maximum absolute atomic E-state index is 12.8. The molecule has 0 saturated heterocycles. The predicted octanol–water partition coefficient (Wildman–Crippen LogP) is 3.04. The molecule has 2 N–H and O–H groups in total. The van der Waals surface area contributed by atoms with Gasteiger partial charge in [-0.1, -0.05) is 49.4 Å². The van der Waals surface area contributed by atoms with Crippen LogP contribution in [0.15, 0.2) is 54.6 Å². The minimum Gasteiger partial charge on any atom is -0.466 e. The van der Waals surface area contributed by atoms with Crippen molar-refractivity contribution in [3.63, 3.8) is 0 Å². The third-order valence-electron chi connectivity index (χ3n) is 4.23. The van der Waals surface area contributed by atoms with Crippen LogP contribution >= 0.6 is 0 Å². The lowest BCUT2D eigenvalue weighted by Gasteiger charge is -2.34. The number of nitrogens with one attached hydrogen (secondary N) is 2. The summed E-state index contributed by atoms with van der Waals surface area (Å²) in [5.74, 6) is -0.436. The number of hydrogen-bond acceptors (Lipinski definition) is 3. The first kappa shape index (κ1) is 16.1. The molecule has 1 heterocycles. The lowest BCUT2D eigenvalue weighted by Crippen LogP contribution is -2.59. The fourth-order valence-corrected chi connectivity index (χ4v) is 2.72. The van der Waals surface area contributed by atoms with E-state index in [2.05, 4.69) is 10.6 Å². The van der Waals surface area contributed by atoms with Gasteiger partial charge in [0.25, 0.3) is 17.4 Å². The molecule has 124 valence electrons. The van der Waals surface area contributed by atoms with Crippen molar-refractivity contribution in [1.82, 2.24) is 5.32 Å². The van der Waals surface area contributed by atoms with Crippen LogP contribution in [0.2, 0.25) is 0 Å². The molecule has 5 heteroatoms. The maximum Gasteiger partial charge on any atom is 0.278 e. The number of amides is 2. The topological polar surface area (TPSA) is 67.4 Å². The largest absolute Gasteiger partial charge is 0.466 e. The monoisotopic (exact) mass is 324 g/mol. The van der Waals surface area contributed by atoms with E-state index in [1.54, 1.807) is 24.3 Å². The van der Waals surface area contributed by atoms with Gasteiger partial charge in [-0.25, -0.2) is 0 Å². The Morgan fingerprint density at radius 2 is 1.83 bits per heavy atom. The molecular weight excluding hydrogens is 304 g/mol. The van der Waals surface area contributed by atoms with Gasteiger partial charge in [-0.2, -0.15) is 0 Å². The lowest BCUT2D eigenvalue weighted by molar-refractivity contribution is -0.147. The normalized spacial score (nSPS) is 20.3. The first-order chi connectivity index (χ1) is 11.5. The molecule has 0 bridgehead atoms. The fraction of sp³-hybridized carbons (Fsp3) is 0.263. The Kier molecular flexibility index (Phi) is 4.25. The van der Waals surface area contributed by atoms with Gasteiger partial charge >= 0.3 is 0 Å². The molecule has 2 aromatic carbocycles. The molecule has 2 atom stereocenters. The Bertz CT molecular complexity index is 760. The average Bonchev–Trinajstić information content (AvgIpc) is 2.61. The standard InChI is InChI=1S/C19H20N2O3/c1-3-14(13-9-5-4-6-10-13)20-17(22)19(2)18(23)21-15-11-7-8-12-16(15)24-19/h4-12,14H,3H2,1-2H3,(H,20,22)(H,21,23). The average molecular weight is 324 g/mol. The zero-order valence-electron chi connectivity index (χ0n) is 13.7. The van der Waals surface area contributed by atoms with E-state index >= 15 is 0 Å². The molecule has 2 amide bonds. The minimum atomic E-state index is -1.60. The first-order valence-electron chi connectivity index (χ1n) is 8.00.